The van der Waals surface area contributed by atoms with Crippen LogP contribution < -0.4 is 5.32 Å². The molecular formula is C14H21ClN2O. The molecule has 1 saturated heterocycles. The summed E-state index contributed by atoms with van der Waals surface area (Å²) in [6, 6.07) is 2.05. The van der Waals surface area contributed by atoms with Gasteiger partial charge in [-0.1, -0.05) is 17.7 Å². The molecule has 0 aromatic heterocycles. The second kappa shape index (κ2) is 5.91. The van der Waals surface area contributed by atoms with E-state index in [1.807, 2.05) is 13.8 Å². The molecule has 1 aliphatic heterocycles. The molecule has 0 radical (unpaired) electrons. The summed E-state index contributed by atoms with van der Waals surface area (Å²) in [6.07, 6.45) is 0.854. The van der Waals surface area contributed by atoms with Crippen molar-refractivity contribution in [3.05, 3.63) is 27.8 Å². The summed E-state index contributed by atoms with van der Waals surface area (Å²) in [5, 5.41) is 13.9. The molecule has 2 N–H and O–H groups in total. The number of piperazine rings is 1. The molecule has 3 nitrogen and oxygen atoms in total. The highest BCUT2D eigenvalue weighted by Crippen LogP contribution is 2.33. The van der Waals surface area contributed by atoms with Gasteiger partial charge in [-0.3, -0.25) is 0 Å². The van der Waals surface area contributed by atoms with Crippen LogP contribution in [0.4, 0.5) is 0 Å². The van der Waals surface area contributed by atoms with Gasteiger partial charge in [-0.05, 0) is 37.0 Å². The van der Waals surface area contributed by atoms with Gasteiger partial charge < -0.3 is 15.3 Å². The smallest absolute Gasteiger partial charge is 0.137 e. The SMILES string of the molecule is Cc1cc(CCN2CCNCC2)c(O)c(Cl)c1C. The highest BCUT2D eigenvalue weighted by molar-refractivity contribution is 6.33. The van der Waals surface area contributed by atoms with E-state index in [0.29, 0.717) is 5.02 Å². The van der Waals surface area contributed by atoms with Crippen LogP contribution in [0.15, 0.2) is 6.07 Å². The zero-order chi connectivity index (χ0) is 13.1. The van der Waals surface area contributed by atoms with Gasteiger partial charge in [0.05, 0.1) is 5.02 Å². The number of nitrogens with zero attached hydrogens (tertiary/aromatic N) is 1. The average Bonchev–Trinajstić information content (AvgIpc) is 2.40. The summed E-state index contributed by atoms with van der Waals surface area (Å²) in [5.41, 5.74) is 3.08. The van der Waals surface area contributed by atoms with Gasteiger partial charge in [0.1, 0.15) is 5.75 Å². The number of nitrogens with one attached hydrogen (secondary N) is 1. The third-order valence-corrected chi connectivity index (χ3v) is 4.19. The first kappa shape index (κ1) is 13.7. The van der Waals surface area contributed by atoms with E-state index in [1.54, 1.807) is 0 Å². The fourth-order valence-corrected chi connectivity index (χ4v) is 2.60. The predicted molar refractivity (Wildman–Crippen MR) is 75.6 cm³/mol. The lowest BCUT2D eigenvalue weighted by molar-refractivity contribution is 0.243. The van der Waals surface area contributed by atoms with E-state index in [0.717, 1.165) is 55.8 Å². The third kappa shape index (κ3) is 2.97. The monoisotopic (exact) mass is 268 g/mol. The minimum Gasteiger partial charge on any atom is -0.506 e. The number of phenolic OH excluding ortho intramolecular Hbond substituents is 1. The first-order chi connectivity index (χ1) is 8.59. The van der Waals surface area contributed by atoms with Crippen LogP contribution in [0.5, 0.6) is 5.75 Å². The van der Waals surface area contributed by atoms with Crippen LogP contribution in [0.1, 0.15) is 16.7 Å². The van der Waals surface area contributed by atoms with Gasteiger partial charge in [0, 0.05) is 32.7 Å². The number of rotatable bonds is 3. The molecule has 1 aromatic carbocycles. The van der Waals surface area contributed by atoms with Crippen molar-refractivity contribution in [2.24, 2.45) is 0 Å². The molecule has 100 valence electrons. The van der Waals surface area contributed by atoms with Crippen molar-refractivity contribution < 1.29 is 5.11 Å². The molecule has 1 fully saturated rings. The van der Waals surface area contributed by atoms with E-state index < -0.39 is 0 Å². The van der Waals surface area contributed by atoms with Crippen LogP contribution in [0.25, 0.3) is 0 Å². The topological polar surface area (TPSA) is 35.5 Å². The summed E-state index contributed by atoms with van der Waals surface area (Å²) in [6.45, 7) is 9.23. The fraction of sp³-hybridized carbons (Fsp3) is 0.571. The van der Waals surface area contributed by atoms with Crippen molar-refractivity contribution in [2.75, 3.05) is 32.7 Å². The second-order valence-corrected chi connectivity index (χ2v) is 5.36. The molecule has 0 atom stereocenters. The van der Waals surface area contributed by atoms with Crippen LogP contribution in [-0.4, -0.2) is 42.7 Å². The van der Waals surface area contributed by atoms with E-state index in [2.05, 4.69) is 16.3 Å². The number of aryl methyl sites for hydroxylation is 1. The molecule has 1 aromatic rings. The van der Waals surface area contributed by atoms with Crippen molar-refractivity contribution in [1.29, 1.82) is 0 Å². The van der Waals surface area contributed by atoms with Gasteiger partial charge in [-0.2, -0.15) is 0 Å². The minimum atomic E-state index is 0.259. The maximum atomic E-state index is 10.1. The van der Waals surface area contributed by atoms with Gasteiger partial charge in [0.25, 0.3) is 0 Å². The molecule has 0 saturated carbocycles. The maximum Gasteiger partial charge on any atom is 0.137 e. The van der Waals surface area contributed by atoms with Crippen LogP contribution in [0, 0.1) is 13.8 Å². The minimum absolute atomic E-state index is 0.259. The molecule has 0 amide bonds. The number of benzene rings is 1. The summed E-state index contributed by atoms with van der Waals surface area (Å²) in [7, 11) is 0. The fourth-order valence-electron chi connectivity index (χ4n) is 2.33. The van der Waals surface area contributed by atoms with Crippen LogP contribution in [0.3, 0.4) is 0 Å². The quantitative estimate of drug-likeness (QED) is 0.881. The van der Waals surface area contributed by atoms with Gasteiger partial charge >= 0.3 is 0 Å². The molecule has 18 heavy (non-hydrogen) atoms. The largest absolute Gasteiger partial charge is 0.506 e. The van der Waals surface area contributed by atoms with E-state index in [4.69, 9.17) is 11.6 Å². The number of aromatic hydroxyl groups is 1. The first-order valence-electron chi connectivity index (χ1n) is 6.50. The highest BCUT2D eigenvalue weighted by atomic mass is 35.5. The molecule has 0 aliphatic carbocycles. The standard InChI is InChI=1S/C14H21ClN2O/c1-10-9-12(14(18)13(15)11(10)2)3-6-17-7-4-16-5-8-17/h9,16,18H,3-8H2,1-2H3. The summed E-state index contributed by atoms with van der Waals surface area (Å²) in [4.78, 5) is 2.42. The number of halogens is 1. The maximum absolute atomic E-state index is 10.1. The van der Waals surface area contributed by atoms with Crippen molar-refractivity contribution in [3.63, 3.8) is 0 Å². The number of hydrogen-bond acceptors (Lipinski definition) is 3. The van der Waals surface area contributed by atoms with Crippen molar-refractivity contribution in [1.82, 2.24) is 10.2 Å². The Kier molecular flexibility index (Phi) is 4.49. The van der Waals surface area contributed by atoms with Gasteiger partial charge in [-0.25, -0.2) is 0 Å². The summed E-state index contributed by atoms with van der Waals surface area (Å²) < 4.78 is 0. The lowest BCUT2D eigenvalue weighted by Crippen LogP contribution is -2.44. The highest BCUT2D eigenvalue weighted by Gasteiger charge is 2.14. The average molecular weight is 269 g/mol. The normalized spacial score (nSPS) is 17.1. The van der Waals surface area contributed by atoms with E-state index in [-0.39, 0.29) is 5.75 Å². The van der Waals surface area contributed by atoms with Gasteiger partial charge in [0.2, 0.25) is 0 Å². The Labute approximate surface area is 114 Å². The number of phenols is 1. The van der Waals surface area contributed by atoms with E-state index >= 15 is 0 Å². The lowest BCUT2D eigenvalue weighted by atomic mass is 10.0. The van der Waals surface area contributed by atoms with Gasteiger partial charge in [0.15, 0.2) is 0 Å². The molecule has 2 rings (SSSR count). The molecule has 1 heterocycles. The summed E-state index contributed by atoms with van der Waals surface area (Å²) >= 11 is 6.14. The Morgan fingerprint density at radius 2 is 2.00 bits per heavy atom. The Hall–Kier alpha value is -0.770. The molecule has 0 spiro atoms. The van der Waals surface area contributed by atoms with E-state index in [1.165, 1.54) is 0 Å². The van der Waals surface area contributed by atoms with Crippen LogP contribution in [-0.2, 0) is 6.42 Å². The zero-order valence-corrected chi connectivity index (χ0v) is 11.8. The Balaban J connectivity index is 2.05. The van der Waals surface area contributed by atoms with Crippen molar-refractivity contribution in [2.45, 2.75) is 20.3 Å². The molecule has 4 heteroatoms. The molecule has 0 bridgehead atoms. The number of hydrogen-bond donors (Lipinski definition) is 2. The van der Waals surface area contributed by atoms with Crippen molar-refractivity contribution in [3.8, 4) is 5.75 Å². The Morgan fingerprint density at radius 3 is 2.67 bits per heavy atom. The zero-order valence-electron chi connectivity index (χ0n) is 11.1. The predicted octanol–water partition coefficient (Wildman–Crippen LogP) is 2.11. The van der Waals surface area contributed by atoms with Crippen molar-refractivity contribution >= 4 is 11.6 Å². The molecular weight excluding hydrogens is 248 g/mol. The Morgan fingerprint density at radius 1 is 1.33 bits per heavy atom. The molecule has 0 unspecified atom stereocenters. The first-order valence-corrected chi connectivity index (χ1v) is 6.88. The second-order valence-electron chi connectivity index (χ2n) is 4.98. The lowest BCUT2D eigenvalue weighted by Gasteiger charge is -2.27. The molecule has 1 aliphatic rings. The van der Waals surface area contributed by atoms with Crippen LogP contribution >= 0.6 is 11.6 Å². The summed E-state index contributed by atoms with van der Waals surface area (Å²) in [5.74, 6) is 0.259. The van der Waals surface area contributed by atoms with Gasteiger partial charge in [-0.15, -0.1) is 0 Å². The Bertz CT molecular complexity index is 428. The van der Waals surface area contributed by atoms with E-state index in [9.17, 15) is 5.11 Å². The van der Waals surface area contributed by atoms with Crippen LogP contribution in [0.2, 0.25) is 5.02 Å². The third-order valence-electron chi connectivity index (χ3n) is 3.73.